The largest absolute Gasteiger partial charge is 0.456 e. The number of nitrogens with zero attached hydrogens (tertiary/aromatic N) is 3. The predicted molar refractivity (Wildman–Crippen MR) is 202 cm³/mol. The van der Waals surface area contributed by atoms with Crippen LogP contribution in [-0.2, 0) is 0 Å². The minimum atomic E-state index is 0.646. The molecule has 0 fully saturated rings. The third-order valence-corrected chi connectivity index (χ3v) is 10.6. The average molecular weight is 644 g/mol. The average Bonchev–Trinajstić information content (AvgIpc) is 3.85. The van der Waals surface area contributed by atoms with Gasteiger partial charge in [-0.25, -0.2) is 4.98 Å². The Hall–Kier alpha value is -6.48. The number of thiazole rings is 1. The van der Waals surface area contributed by atoms with E-state index in [0.29, 0.717) is 5.56 Å². The number of rotatable bonds is 5. The van der Waals surface area contributed by atoms with Gasteiger partial charge in [-0.3, -0.25) is 0 Å². The lowest BCUT2D eigenvalue weighted by Crippen LogP contribution is -2.10. The molecule has 0 N–H and O–H groups in total. The molecule has 0 aliphatic heterocycles. The Morgan fingerprint density at radius 1 is 0.571 bits per heavy atom. The van der Waals surface area contributed by atoms with Crippen LogP contribution < -0.4 is 4.90 Å². The Morgan fingerprint density at radius 3 is 2.12 bits per heavy atom. The van der Waals surface area contributed by atoms with Crippen LogP contribution in [0.4, 0.5) is 17.1 Å². The van der Waals surface area contributed by atoms with Crippen molar-refractivity contribution in [3.05, 3.63) is 157 Å². The van der Waals surface area contributed by atoms with Crippen molar-refractivity contribution in [3.8, 4) is 49.5 Å². The topological polar surface area (TPSA) is 53.1 Å². The summed E-state index contributed by atoms with van der Waals surface area (Å²) in [6.07, 6.45) is 0. The highest BCUT2D eigenvalue weighted by Gasteiger charge is 2.26. The fourth-order valence-electron chi connectivity index (χ4n) is 7.15. The van der Waals surface area contributed by atoms with E-state index in [-0.39, 0.29) is 0 Å². The van der Waals surface area contributed by atoms with E-state index in [1.165, 1.54) is 26.8 Å². The van der Waals surface area contributed by atoms with E-state index in [0.717, 1.165) is 66.4 Å². The summed E-state index contributed by atoms with van der Waals surface area (Å²) in [6, 6.07) is 54.8. The van der Waals surface area contributed by atoms with Crippen molar-refractivity contribution >= 4 is 61.1 Å². The van der Waals surface area contributed by atoms with Gasteiger partial charge in [0.25, 0.3) is 0 Å². The van der Waals surface area contributed by atoms with Crippen molar-refractivity contribution in [1.82, 2.24) is 4.98 Å². The van der Waals surface area contributed by atoms with Crippen molar-refractivity contribution < 1.29 is 4.42 Å². The summed E-state index contributed by atoms with van der Waals surface area (Å²) in [4.78, 5) is 8.68. The Bertz CT molecular complexity index is 2730. The molecule has 49 heavy (non-hydrogen) atoms. The van der Waals surface area contributed by atoms with Crippen LogP contribution in [0.25, 0.3) is 76.1 Å². The van der Waals surface area contributed by atoms with Crippen molar-refractivity contribution in [2.24, 2.45) is 0 Å². The third-order valence-electron chi connectivity index (χ3n) is 9.48. The summed E-state index contributed by atoms with van der Waals surface area (Å²) in [5.74, 6) is 0. The first kappa shape index (κ1) is 27.6. The minimum absolute atomic E-state index is 0.646. The van der Waals surface area contributed by atoms with Gasteiger partial charge in [0.05, 0.1) is 22.2 Å². The van der Waals surface area contributed by atoms with Gasteiger partial charge in [0.15, 0.2) is 0 Å². The number of hydrogen-bond acceptors (Lipinski definition) is 5. The molecule has 228 valence electrons. The number of anilines is 3. The smallest absolute Gasteiger partial charge is 0.137 e. The van der Waals surface area contributed by atoms with Crippen molar-refractivity contribution in [2.75, 3.05) is 4.90 Å². The zero-order valence-electron chi connectivity index (χ0n) is 26.1. The molecule has 0 amide bonds. The monoisotopic (exact) mass is 643 g/mol. The normalized spacial score (nSPS) is 11.7. The van der Waals surface area contributed by atoms with Crippen LogP contribution in [0.15, 0.2) is 156 Å². The van der Waals surface area contributed by atoms with E-state index in [9.17, 15) is 5.26 Å². The maximum Gasteiger partial charge on any atom is 0.137 e. The van der Waals surface area contributed by atoms with E-state index >= 15 is 0 Å². The lowest BCUT2D eigenvalue weighted by atomic mass is 10.0. The number of nitriles is 1. The van der Waals surface area contributed by atoms with Crippen molar-refractivity contribution in [3.63, 3.8) is 0 Å². The molecular formula is C44H25N3OS. The van der Waals surface area contributed by atoms with Gasteiger partial charge in [0.2, 0.25) is 0 Å². The maximum absolute atomic E-state index is 9.31. The van der Waals surface area contributed by atoms with Gasteiger partial charge >= 0.3 is 0 Å². The number of fused-ring (bicyclic) bond motifs is 6. The molecule has 0 saturated carbocycles. The number of para-hydroxylation sites is 1. The Balaban J connectivity index is 1.07. The molecule has 0 unspecified atom stereocenters. The summed E-state index contributed by atoms with van der Waals surface area (Å²) >= 11 is 1.76. The highest BCUT2D eigenvalue weighted by molar-refractivity contribution is 7.19. The number of furan rings is 1. The molecule has 5 heteroatoms. The van der Waals surface area contributed by atoms with Crippen LogP contribution in [0, 0.1) is 11.3 Å². The molecule has 4 nitrogen and oxygen atoms in total. The Morgan fingerprint density at radius 2 is 1.29 bits per heavy atom. The first-order valence-corrected chi connectivity index (χ1v) is 17.0. The van der Waals surface area contributed by atoms with E-state index < -0.39 is 0 Å². The predicted octanol–water partition coefficient (Wildman–Crippen LogP) is 12.5. The molecule has 7 aromatic carbocycles. The fraction of sp³-hybridized carbons (Fsp3) is 0. The Kier molecular flexibility index (Phi) is 6.08. The summed E-state index contributed by atoms with van der Waals surface area (Å²) in [6.45, 7) is 0. The van der Waals surface area contributed by atoms with Gasteiger partial charge < -0.3 is 9.32 Å². The van der Waals surface area contributed by atoms with Gasteiger partial charge in [-0.05, 0) is 88.6 Å². The lowest BCUT2D eigenvalue weighted by Gasteiger charge is -2.26. The van der Waals surface area contributed by atoms with Crippen molar-refractivity contribution in [2.45, 2.75) is 0 Å². The summed E-state index contributed by atoms with van der Waals surface area (Å²) < 4.78 is 6.32. The minimum Gasteiger partial charge on any atom is -0.456 e. The van der Waals surface area contributed by atoms with Crippen LogP contribution in [0.2, 0.25) is 0 Å². The van der Waals surface area contributed by atoms with Crippen LogP contribution >= 0.6 is 11.3 Å². The lowest BCUT2D eigenvalue weighted by molar-refractivity contribution is 0.669. The molecule has 0 atom stereocenters. The molecule has 0 spiro atoms. The zero-order chi connectivity index (χ0) is 32.5. The SMILES string of the molecule is N#Cc1ccc(-c2cccc(N(c3ccc(-c4nc5c(s4)-c4cccc6cccc-5c46)cc3)c3ccc4c(c3)oc3ccccc34)c2)cc1. The van der Waals surface area contributed by atoms with Gasteiger partial charge in [-0.1, -0.05) is 78.9 Å². The van der Waals surface area contributed by atoms with Crippen LogP contribution in [-0.4, -0.2) is 4.98 Å². The second-order valence-electron chi connectivity index (χ2n) is 12.3. The van der Waals surface area contributed by atoms with Crippen LogP contribution in [0.1, 0.15) is 5.56 Å². The van der Waals surface area contributed by atoms with E-state index in [4.69, 9.17) is 9.40 Å². The highest BCUT2D eigenvalue weighted by Crippen LogP contribution is 2.51. The standard InChI is InChI=1S/C44H25N3OS/c45-26-27-14-16-28(17-15-27)31-8-3-9-33(24-31)47(34-22-23-36-35-10-1-2-13-39(35)48-40(36)25-34)32-20-18-30(19-21-32)44-46-42-37-11-4-6-29-7-5-12-38(41(29)37)43(42)49-44/h1-25H. The van der Waals surface area contributed by atoms with Crippen LogP contribution in [0.3, 0.4) is 0 Å². The van der Waals surface area contributed by atoms with Gasteiger partial charge in [0.1, 0.15) is 16.2 Å². The molecule has 1 aliphatic rings. The summed E-state index contributed by atoms with van der Waals surface area (Å²) in [7, 11) is 0. The highest BCUT2D eigenvalue weighted by atomic mass is 32.1. The Labute approximate surface area is 286 Å². The van der Waals surface area contributed by atoms with E-state index in [1.807, 2.05) is 42.5 Å². The third kappa shape index (κ3) is 4.39. The second kappa shape index (κ2) is 10.8. The van der Waals surface area contributed by atoms with Crippen molar-refractivity contribution in [1.29, 1.82) is 5.26 Å². The number of aromatic nitrogens is 1. The first-order chi connectivity index (χ1) is 24.2. The molecule has 2 aromatic heterocycles. The quantitative estimate of drug-likeness (QED) is 0.187. The molecule has 1 aliphatic carbocycles. The molecule has 0 radical (unpaired) electrons. The summed E-state index contributed by atoms with van der Waals surface area (Å²) in [5.41, 5.74) is 12.2. The number of hydrogen-bond donors (Lipinski definition) is 0. The zero-order valence-corrected chi connectivity index (χ0v) is 26.9. The van der Waals surface area contributed by atoms with E-state index in [1.54, 1.807) is 11.3 Å². The van der Waals surface area contributed by atoms with Crippen LogP contribution in [0.5, 0.6) is 0 Å². The molecule has 0 saturated heterocycles. The molecule has 2 heterocycles. The molecule has 0 bridgehead atoms. The second-order valence-corrected chi connectivity index (χ2v) is 13.3. The molecular weight excluding hydrogens is 619 g/mol. The number of benzene rings is 7. The molecule has 10 rings (SSSR count). The van der Waals surface area contributed by atoms with Gasteiger partial charge in [-0.15, -0.1) is 11.3 Å². The molecule has 9 aromatic rings. The fourth-order valence-corrected chi connectivity index (χ4v) is 8.27. The van der Waals surface area contributed by atoms with E-state index in [2.05, 4.69) is 120 Å². The first-order valence-electron chi connectivity index (χ1n) is 16.2. The van der Waals surface area contributed by atoms with Gasteiger partial charge in [-0.2, -0.15) is 5.26 Å². The van der Waals surface area contributed by atoms with Gasteiger partial charge in [0, 0.05) is 50.6 Å². The summed E-state index contributed by atoms with van der Waals surface area (Å²) in [5, 5.41) is 15.1. The maximum atomic E-state index is 9.31.